The van der Waals surface area contributed by atoms with Crippen LogP contribution in [0.3, 0.4) is 0 Å². The Morgan fingerprint density at radius 1 is 1.10 bits per heavy atom. The van der Waals surface area contributed by atoms with E-state index in [4.69, 9.17) is 0 Å². The fourth-order valence-corrected chi connectivity index (χ4v) is 8.23. The number of anilines is 2. The number of carbonyl (C=O) groups excluding carboxylic acids is 1. The van der Waals surface area contributed by atoms with E-state index >= 15 is 0 Å². The first-order valence-corrected chi connectivity index (χ1v) is 15.5. The summed E-state index contributed by atoms with van der Waals surface area (Å²) >= 11 is 1.07. The van der Waals surface area contributed by atoms with Crippen LogP contribution in [0.25, 0.3) is 10.2 Å². The zero-order valence-electron chi connectivity index (χ0n) is 21.1. The van der Waals surface area contributed by atoms with Crippen molar-refractivity contribution in [3.63, 3.8) is 0 Å². The molecular formula is C26H28F3N5O3S2. The van der Waals surface area contributed by atoms with Gasteiger partial charge in [0.15, 0.2) is 9.84 Å². The topological polar surface area (TPSA) is 95.5 Å². The third kappa shape index (κ3) is 5.56. The monoisotopic (exact) mass is 579 g/mol. The van der Waals surface area contributed by atoms with Gasteiger partial charge in [0.05, 0.1) is 23.3 Å². The third-order valence-electron chi connectivity index (χ3n) is 7.97. The highest BCUT2D eigenvalue weighted by molar-refractivity contribution is 7.91. The van der Waals surface area contributed by atoms with Gasteiger partial charge in [0, 0.05) is 48.3 Å². The highest BCUT2D eigenvalue weighted by Crippen LogP contribution is 2.50. The fraction of sp³-hybridized carbons (Fsp3) is 0.500. The van der Waals surface area contributed by atoms with Gasteiger partial charge in [0.2, 0.25) is 0 Å². The van der Waals surface area contributed by atoms with Gasteiger partial charge in [-0.15, -0.1) is 11.3 Å². The van der Waals surface area contributed by atoms with Gasteiger partial charge in [-0.2, -0.15) is 13.2 Å². The number of benzene rings is 1. The Bertz CT molecular complexity index is 1490. The Hall–Kier alpha value is -2.93. The molecular weight excluding hydrogens is 551 g/mol. The Morgan fingerprint density at radius 2 is 1.82 bits per heavy atom. The molecule has 0 atom stereocenters. The molecule has 1 spiro atoms. The second-order valence-electron chi connectivity index (χ2n) is 10.9. The van der Waals surface area contributed by atoms with E-state index in [1.807, 2.05) is 12.1 Å². The largest absolute Gasteiger partial charge is 0.393 e. The molecule has 4 heterocycles. The highest BCUT2D eigenvalue weighted by Gasteiger charge is 2.49. The van der Waals surface area contributed by atoms with Crippen LogP contribution in [-0.2, 0) is 16.3 Å². The minimum Gasteiger partial charge on any atom is -0.382 e. The lowest BCUT2D eigenvalue weighted by Gasteiger charge is -2.46. The summed E-state index contributed by atoms with van der Waals surface area (Å²) in [5, 5.41) is 4.23. The fourth-order valence-electron chi connectivity index (χ4n) is 6.01. The van der Waals surface area contributed by atoms with E-state index in [-0.39, 0.29) is 40.8 Å². The Balaban J connectivity index is 1.04. The van der Waals surface area contributed by atoms with Crippen molar-refractivity contribution in [2.24, 2.45) is 5.41 Å². The molecule has 13 heteroatoms. The number of fused-ring (bicyclic) bond motifs is 1. The minimum absolute atomic E-state index is 0.00763. The Kier molecular flexibility index (Phi) is 6.48. The maximum atomic E-state index is 12.9. The Morgan fingerprint density at radius 3 is 2.51 bits per heavy atom. The summed E-state index contributed by atoms with van der Waals surface area (Å²) in [4.78, 5) is 26.0. The second-order valence-corrected chi connectivity index (χ2v) is 14.3. The molecule has 2 aromatic heterocycles. The predicted octanol–water partition coefficient (Wildman–Crippen LogP) is 4.14. The van der Waals surface area contributed by atoms with Gasteiger partial charge in [-0.1, -0.05) is 0 Å². The summed E-state index contributed by atoms with van der Waals surface area (Å²) in [6, 6.07) is 9.19. The molecule has 3 fully saturated rings. The average molecular weight is 580 g/mol. The summed E-state index contributed by atoms with van der Waals surface area (Å²) in [6.45, 7) is 2.06. The van der Waals surface area contributed by atoms with Gasteiger partial charge in [-0.3, -0.25) is 4.79 Å². The van der Waals surface area contributed by atoms with Gasteiger partial charge in [-0.25, -0.2) is 18.4 Å². The third-order valence-corrected chi connectivity index (χ3v) is 10.6. The van der Waals surface area contributed by atoms with Crippen LogP contribution in [0.15, 0.2) is 36.7 Å². The lowest BCUT2D eigenvalue weighted by atomic mass is 9.65. The van der Waals surface area contributed by atoms with Crippen LogP contribution in [0.5, 0.6) is 0 Å². The van der Waals surface area contributed by atoms with Crippen molar-refractivity contribution in [2.45, 2.75) is 37.9 Å². The lowest BCUT2D eigenvalue weighted by molar-refractivity contribution is -0.126. The van der Waals surface area contributed by atoms with E-state index in [9.17, 15) is 26.4 Å². The van der Waals surface area contributed by atoms with E-state index in [0.29, 0.717) is 27.6 Å². The van der Waals surface area contributed by atoms with E-state index in [0.717, 1.165) is 49.4 Å². The molecule has 3 aliphatic rings. The van der Waals surface area contributed by atoms with Crippen LogP contribution in [-0.4, -0.2) is 79.1 Å². The zero-order valence-corrected chi connectivity index (χ0v) is 22.7. The standard InChI is InChI=1S/C26H28F3N5O3S2/c27-26(28,29)14-20-11-21-22(30-16-31-23(21)38-20)34-6-5-25(15-34)12-19(13-25)32-18-3-1-17(2-4-18)24(35)33-7-9-39(36,37)10-8-33/h1-4,11,16,19,32H,5-10,12-15H2. The number of carbonyl (C=O) groups is 1. The van der Waals surface area contributed by atoms with Gasteiger partial charge < -0.3 is 15.1 Å². The molecule has 2 aliphatic heterocycles. The average Bonchev–Trinajstić information content (AvgIpc) is 3.47. The second kappa shape index (κ2) is 9.61. The molecule has 208 valence electrons. The first kappa shape index (κ1) is 26.3. The number of hydrogen-bond donors (Lipinski definition) is 1. The Labute approximate surface area is 228 Å². The van der Waals surface area contributed by atoms with E-state index in [1.54, 1.807) is 23.1 Å². The number of thiophene rings is 1. The van der Waals surface area contributed by atoms with Crippen molar-refractivity contribution in [3.05, 3.63) is 47.1 Å². The van der Waals surface area contributed by atoms with Crippen molar-refractivity contribution in [2.75, 3.05) is 47.9 Å². The van der Waals surface area contributed by atoms with Gasteiger partial charge in [-0.05, 0) is 55.0 Å². The number of halogens is 3. The SMILES string of the molecule is O=C(c1ccc(NC2CC3(CCN(c4ncnc5sc(CC(F)(F)F)cc45)C3)C2)cc1)N1CCS(=O)(=O)CC1. The molecule has 39 heavy (non-hydrogen) atoms. The number of amides is 1. The van der Waals surface area contributed by atoms with Crippen LogP contribution in [0, 0.1) is 5.41 Å². The number of alkyl halides is 3. The van der Waals surface area contributed by atoms with Crippen LogP contribution < -0.4 is 10.2 Å². The molecule has 6 rings (SSSR count). The number of nitrogens with one attached hydrogen (secondary N) is 1. The molecule has 0 radical (unpaired) electrons. The first-order chi connectivity index (χ1) is 18.5. The van der Waals surface area contributed by atoms with E-state index in [1.165, 1.54) is 6.33 Å². The van der Waals surface area contributed by atoms with Crippen molar-refractivity contribution in [1.29, 1.82) is 0 Å². The minimum atomic E-state index is -4.26. The van der Waals surface area contributed by atoms with Crippen LogP contribution >= 0.6 is 11.3 Å². The van der Waals surface area contributed by atoms with Crippen molar-refractivity contribution >= 4 is 48.8 Å². The molecule has 0 bridgehead atoms. The first-order valence-electron chi connectivity index (χ1n) is 12.9. The number of sulfone groups is 1. The lowest BCUT2D eigenvalue weighted by Crippen LogP contribution is -2.46. The molecule has 1 aliphatic carbocycles. The number of hydrogen-bond acceptors (Lipinski definition) is 8. The molecule has 1 aromatic carbocycles. The number of rotatable bonds is 5. The van der Waals surface area contributed by atoms with Crippen molar-refractivity contribution in [3.8, 4) is 0 Å². The van der Waals surface area contributed by atoms with Gasteiger partial charge in [0.25, 0.3) is 5.91 Å². The van der Waals surface area contributed by atoms with Gasteiger partial charge >= 0.3 is 6.18 Å². The van der Waals surface area contributed by atoms with Crippen LogP contribution in [0.1, 0.15) is 34.5 Å². The predicted molar refractivity (Wildman–Crippen MR) is 144 cm³/mol. The van der Waals surface area contributed by atoms with E-state index < -0.39 is 22.4 Å². The molecule has 0 unspecified atom stereocenters. The normalized spacial score (nSPS) is 24.7. The van der Waals surface area contributed by atoms with Crippen LogP contribution in [0.2, 0.25) is 0 Å². The summed E-state index contributed by atoms with van der Waals surface area (Å²) in [7, 11) is -3.04. The molecule has 3 aromatic rings. The molecule has 1 amide bonds. The summed E-state index contributed by atoms with van der Waals surface area (Å²) in [6.07, 6.45) is -0.831. The van der Waals surface area contributed by atoms with Crippen LogP contribution in [0.4, 0.5) is 24.7 Å². The zero-order chi connectivity index (χ0) is 27.4. The highest BCUT2D eigenvalue weighted by atomic mass is 32.2. The number of aromatic nitrogens is 2. The number of nitrogens with zero attached hydrogens (tertiary/aromatic N) is 4. The maximum absolute atomic E-state index is 12.9. The molecule has 2 saturated heterocycles. The smallest absolute Gasteiger partial charge is 0.382 e. The van der Waals surface area contributed by atoms with Gasteiger partial charge in [0.1, 0.15) is 17.0 Å². The maximum Gasteiger partial charge on any atom is 0.393 e. The molecule has 1 N–H and O–H groups in total. The van der Waals surface area contributed by atoms with E-state index in [2.05, 4.69) is 20.2 Å². The summed E-state index contributed by atoms with van der Waals surface area (Å²) in [5.74, 6) is 0.575. The van der Waals surface area contributed by atoms with Crippen molar-refractivity contribution < 1.29 is 26.4 Å². The quantitative estimate of drug-likeness (QED) is 0.486. The summed E-state index contributed by atoms with van der Waals surface area (Å²) < 4.78 is 61.9. The molecule has 1 saturated carbocycles. The molecule has 8 nitrogen and oxygen atoms in total. The summed E-state index contributed by atoms with van der Waals surface area (Å²) in [5.41, 5.74) is 1.61. The van der Waals surface area contributed by atoms with Crippen molar-refractivity contribution in [1.82, 2.24) is 14.9 Å².